The van der Waals surface area contributed by atoms with Crippen LogP contribution in [0.3, 0.4) is 0 Å². The second kappa shape index (κ2) is 5.83. The van der Waals surface area contributed by atoms with Crippen LogP contribution in [0.15, 0.2) is 0 Å². The predicted octanol–water partition coefficient (Wildman–Crippen LogP) is 1.03. The maximum Gasteiger partial charge on any atom is 0.237 e. The number of carbonyl (C=O) groups excluding carboxylic acids is 1. The first-order valence-corrected chi connectivity index (χ1v) is 6.58. The molecule has 4 heteroatoms. The molecule has 0 heterocycles. The SMILES string of the molecule is CC1CCCC(CO)(NC(=O)C(N)C(C)C)C1. The largest absolute Gasteiger partial charge is 0.394 e. The molecule has 1 aliphatic carbocycles. The molecule has 0 aliphatic heterocycles. The number of aliphatic hydroxyl groups is 1. The lowest BCUT2D eigenvalue weighted by Crippen LogP contribution is -2.58. The summed E-state index contributed by atoms with van der Waals surface area (Å²) in [7, 11) is 0. The molecule has 0 radical (unpaired) electrons. The second-order valence-electron chi connectivity index (χ2n) is 5.90. The van der Waals surface area contributed by atoms with Crippen LogP contribution in [0, 0.1) is 11.8 Å². The van der Waals surface area contributed by atoms with Crippen LogP contribution in [-0.4, -0.2) is 29.2 Å². The van der Waals surface area contributed by atoms with Crippen LogP contribution >= 0.6 is 0 Å². The Labute approximate surface area is 104 Å². The molecule has 4 N–H and O–H groups in total. The van der Waals surface area contributed by atoms with E-state index in [2.05, 4.69) is 12.2 Å². The van der Waals surface area contributed by atoms with E-state index in [0.29, 0.717) is 5.92 Å². The maximum atomic E-state index is 12.0. The minimum Gasteiger partial charge on any atom is -0.394 e. The molecule has 0 aromatic heterocycles. The fourth-order valence-corrected chi connectivity index (χ4v) is 2.60. The number of carbonyl (C=O) groups is 1. The van der Waals surface area contributed by atoms with Gasteiger partial charge in [0.05, 0.1) is 18.2 Å². The van der Waals surface area contributed by atoms with Gasteiger partial charge in [-0.1, -0.05) is 33.6 Å². The van der Waals surface area contributed by atoms with Crippen molar-refractivity contribution < 1.29 is 9.90 Å². The van der Waals surface area contributed by atoms with E-state index in [0.717, 1.165) is 19.3 Å². The number of nitrogens with two attached hydrogens (primary N) is 1. The number of hydrogen-bond acceptors (Lipinski definition) is 3. The van der Waals surface area contributed by atoms with Crippen molar-refractivity contribution in [3.63, 3.8) is 0 Å². The Hall–Kier alpha value is -0.610. The Kier molecular flexibility index (Phi) is 4.95. The molecule has 0 bridgehead atoms. The molecule has 3 unspecified atom stereocenters. The van der Waals surface area contributed by atoms with Crippen molar-refractivity contribution in [3.8, 4) is 0 Å². The molecule has 1 amide bonds. The van der Waals surface area contributed by atoms with Gasteiger partial charge in [0, 0.05) is 0 Å². The minimum atomic E-state index is -0.490. The summed E-state index contributed by atoms with van der Waals surface area (Å²) in [6.45, 7) is 6.03. The third kappa shape index (κ3) is 3.68. The smallest absolute Gasteiger partial charge is 0.237 e. The fraction of sp³-hybridized carbons (Fsp3) is 0.923. The van der Waals surface area contributed by atoms with E-state index < -0.39 is 11.6 Å². The van der Waals surface area contributed by atoms with Crippen molar-refractivity contribution in [1.29, 1.82) is 0 Å². The van der Waals surface area contributed by atoms with Gasteiger partial charge in [0.1, 0.15) is 0 Å². The third-order valence-corrected chi connectivity index (χ3v) is 3.80. The van der Waals surface area contributed by atoms with Gasteiger partial charge in [0.15, 0.2) is 0 Å². The molecule has 1 saturated carbocycles. The number of rotatable bonds is 4. The Morgan fingerprint density at radius 1 is 1.59 bits per heavy atom. The van der Waals surface area contributed by atoms with Crippen molar-refractivity contribution in [2.45, 2.75) is 58.0 Å². The van der Waals surface area contributed by atoms with Crippen molar-refractivity contribution in [2.75, 3.05) is 6.61 Å². The molecule has 17 heavy (non-hydrogen) atoms. The lowest BCUT2D eigenvalue weighted by atomic mass is 9.76. The number of nitrogens with one attached hydrogen (secondary N) is 1. The minimum absolute atomic E-state index is 0.00783. The molecule has 0 aromatic rings. The molecule has 0 aromatic carbocycles. The van der Waals surface area contributed by atoms with Crippen LogP contribution in [0.2, 0.25) is 0 Å². The third-order valence-electron chi connectivity index (χ3n) is 3.80. The van der Waals surface area contributed by atoms with Crippen LogP contribution in [0.25, 0.3) is 0 Å². The molecule has 4 nitrogen and oxygen atoms in total. The molecule has 1 rings (SSSR count). The standard InChI is InChI=1S/C13H26N2O2/c1-9(2)11(14)12(17)15-13(8-16)6-4-5-10(3)7-13/h9-11,16H,4-8,14H2,1-3H3,(H,15,17). The number of aliphatic hydroxyl groups excluding tert-OH is 1. The van der Waals surface area contributed by atoms with E-state index in [9.17, 15) is 9.90 Å². The van der Waals surface area contributed by atoms with Crippen molar-refractivity contribution in [2.24, 2.45) is 17.6 Å². The van der Waals surface area contributed by atoms with E-state index in [1.807, 2.05) is 13.8 Å². The van der Waals surface area contributed by atoms with Crippen molar-refractivity contribution in [1.82, 2.24) is 5.32 Å². The summed E-state index contributed by atoms with van der Waals surface area (Å²) in [5.74, 6) is 0.529. The fourth-order valence-electron chi connectivity index (χ4n) is 2.60. The highest BCUT2D eigenvalue weighted by Crippen LogP contribution is 2.32. The zero-order valence-electron chi connectivity index (χ0n) is 11.2. The van der Waals surface area contributed by atoms with Gasteiger partial charge in [-0.2, -0.15) is 0 Å². The van der Waals surface area contributed by atoms with Crippen LogP contribution < -0.4 is 11.1 Å². The topological polar surface area (TPSA) is 75.3 Å². The first-order valence-electron chi connectivity index (χ1n) is 6.58. The van der Waals surface area contributed by atoms with Gasteiger partial charge in [-0.3, -0.25) is 4.79 Å². The Morgan fingerprint density at radius 2 is 2.24 bits per heavy atom. The van der Waals surface area contributed by atoms with Crippen molar-refractivity contribution in [3.05, 3.63) is 0 Å². The maximum absolute atomic E-state index is 12.0. The average Bonchev–Trinajstić information content (AvgIpc) is 2.27. The normalized spacial score (nSPS) is 31.3. The molecular weight excluding hydrogens is 216 g/mol. The number of amides is 1. The molecule has 1 fully saturated rings. The van der Waals surface area contributed by atoms with Gasteiger partial charge in [0.25, 0.3) is 0 Å². The summed E-state index contributed by atoms with van der Waals surface area (Å²) in [4.78, 5) is 12.0. The van der Waals surface area contributed by atoms with E-state index in [1.165, 1.54) is 6.42 Å². The monoisotopic (exact) mass is 242 g/mol. The molecule has 3 atom stereocenters. The average molecular weight is 242 g/mol. The zero-order valence-corrected chi connectivity index (χ0v) is 11.2. The Balaban J connectivity index is 2.65. The van der Waals surface area contributed by atoms with Crippen LogP contribution in [0.1, 0.15) is 46.5 Å². The molecule has 0 saturated heterocycles. The van der Waals surface area contributed by atoms with E-state index in [1.54, 1.807) is 0 Å². The van der Waals surface area contributed by atoms with E-state index >= 15 is 0 Å². The highest BCUT2D eigenvalue weighted by atomic mass is 16.3. The lowest BCUT2D eigenvalue weighted by Gasteiger charge is -2.40. The van der Waals surface area contributed by atoms with Crippen LogP contribution in [0.5, 0.6) is 0 Å². The Morgan fingerprint density at radius 3 is 2.71 bits per heavy atom. The molecule has 1 aliphatic rings. The van der Waals surface area contributed by atoms with Gasteiger partial charge in [0.2, 0.25) is 5.91 Å². The Bertz CT molecular complexity index is 268. The molecular formula is C13H26N2O2. The summed E-state index contributed by atoms with van der Waals surface area (Å²) in [6, 6.07) is -0.490. The highest BCUT2D eigenvalue weighted by Gasteiger charge is 2.37. The summed E-state index contributed by atoms with van der Waals surface area (Å²) in [5.41, 5.74) is 5.39. The van der Waals surface area contributed by atoms with Gasteiger partial charge < -0.3 is 16.2 Å². The second-order valence-corrected chi connectivity index (χ2v) is 5.90. The summed E-state index contributed by atoms with van der Waals surface area (Å²) >= 11 is 0. The van der Waals surface area contributed by atoms with E-state index in [-0.39, 0.29) is 18.4 Å². The summed E-state index contributed by atoms with van der Waals surface area (Å²) < 4.78 is 0. The first kappa shape index (κ1) is 14.5. The van der Waals surface area contributed by atoms with Gasteiger partial charge >= 0.3 is 0 Å². The zero-order chi connectivity index (χ0) is 13.1. The predicted molar refractivity (Wildman–Crippen MR) is 68.4 cm³/mol. The van der Waals surface area contributed by atoms with E-state index in [4.69, 9.17) is 5.73 Å². The van der Waals surface area contributed by atoms with Crippen LogP contribution in [-0.2, 0) is 4.79 Å². The summed E-state index contributed by atoms with van der Waals surface area (Å²) in [5, 5.41) is 12.6. The summed E-state index contributed by atoms with van der Waals surface area (Å²) in [6.07, 6.45) is 3.93. The lowest BCUT2D eigenvalue weighted by molar-refractivity contribution is -0.126. The van der Waals surface area contributed by atoms with Gasteiger partial charge in [-0.15, -0.1) is 0 Å². The quantitative estimate of drug-likeness (QED) is 0.689. The van der Waals surface area contributed by atoms with Gasteiger partial charge in [-0.25, -0.2) is 0 Å². The number of hydrogen-bond donors (Lipinski definition) is 3. The molecule has 100 valence electrons. The van der Waals surface area contributed by atoms with Crippen molar-refractivity contribution >= 4 is 5.91 Å². The first-order chi connectivity index (χ1) is 7.90. The molecule has 0 spiro atoms. The van der Waals surface area contributed by atoms with Gasteiger partial charge in [-0.05, 0) is 24.7 Å². The van der Waals surface area contributed by atoms with Crippen LogP contribution in [0.4, 0.5) is 0 Å². The highest BCUT2D eigenvalue weighted by molar-refractivity contribution is 5.82.